The third kappa shape index (κ3) is 18.7. The quantitative estimate of drug-likeness (QED) is 0.0429. The van der Waals surface area contributed by atoms with Gasteiger partial charge in [0.1, 0.15) is 11.6 Å². The summed E-state index contributed by atoms with van der Waals surface area (Å²) in [5.74, 6) is 0.767. The summed E-state index contributed by atoms with van der Waals surface area (Å²) in [6, 6.07) is 22.0. The Hall–Kier alpha value is -2.65. The van der Waals surface area contributed by atoms with Gasteiger partial charge in [0, 0.05) is 19.1 Å². The maximum absolute atomic E-state index is 14.2. The molecule has 0 spiro atoms. The Morgan fingerprint density at radius 2 is 0.857 bits per heavy atom. The van der Waals surface area contributed by atoms with Crippen LogP contribution in [0.25, 0.3) is 11.1 Å². The Morgan fingerprint density at radius 3 is 1.36 bits per heavy atom. The fraction of sp³-hybridized carbons (Fsp3) is 0.660. The third-order valence-corrected chi connectivity index (χ3v) is 12.2. The van der Waals surface area contributed by atoms with E-state index in [-0.39, 0.29) is 11.7 Å². The first-order valence-electron chi connectivity index (χ1n) is 24.0. The molecule has 1 aliphatic rings. The molecule has 56 heavy (non-hydrogen) atoms. The Labute approximate surface area is 344 Å². The van der Waals surface area contributed by atoms with Gasteiger partial charge in [-0.25, -0.2) is 4.39 Å². The summed E-state index contributed by atoms with van der Waals surface area (Å²) in [5, 5.41) is 0. The average molecular weight is 769 g/mol. The molecule has 1 atom stereocenters. The van der Waals surface area contributed by atoms with Crippen LogP contribution in [-0.2, 0) is 4.74 Å². The van der Waals surface area contributed by atoms with Crippen LogP contribution < -0.4 is 4.74 Å². The van der Waals surface area contributed by atoms with Gasteiger partial charge in [-0.15, -0.1) is 0 Å². The average Bonchev–Trinajstić information content (AvgIpc) is 3.54. The molecule has 3 aromatic rings. The highest BCUT2D eigenvalue weighted by molar-refractivity contribution is 5.81. The van der Waals surface area contributed by atoms with Crippen molar-refractivity contribution in [3.63, 3.8) is 0 Å². The van der Waals surface area contributed by atoms with Gasteiger partial charge in [0.15, 0.2) is 0 Å². The van der Waals surface area contributed by atoms with Gasteiger partial charge in [-0.2, -0.15) is 0 Å². The summed E-state index contributed by atoms with van der Waals surface area (Å²) >= 11 is 0. The molecule has 3 heteroatoms. The van der Waals surface area contributed by atoms with Crippen molar-refractivity contribution in [2.75, 3.05) is 19.8 Å². The van der Waals surface area contributed by atoms with Crippen molar-refractivity contribution in [2.24, 2.45) is 0 Å². The van der Waals surface area contributed by atoms with Crippen LogP contribution in [0.3, 0.4) is 0 Å². The van der Waals surface area contributed by atoms with Crippen molar-refractivity contribution in [3.05, 3.63) is 89.2 Å². The Bertz CT molecular complexity index is 1400. The standard InChI is InChI=1S/C53H81FO2/c1-2-3-4-5-6-7-8-9-10-11-12-13-14-15-16-17-20-23-26-31-41-55-42-32-27-24-21-18-19-22-25-28-33-43-56-48-39-40-50-49-37-29-30-38-51(49)53(52(50)45-48)46-35-34-36-47(54)44-46/h29-30,34-40,44-45,53H,2-28,31-33,41-43H2,1H3. The van der Waals surface area contributed by atoms with Gasteiger partial charge in [-0.3, -0.25) is 0 Å². The molecule has 4 rings (SSSR count). The molecule has 0 fully saturated rings. The number of ether oxygens (including phenoxy) is 2. The van der Waals surface area contributed by atoms with E-state index in [1.807, 2.05) is 12.1 Å². The monoisotopic (exact) mass is 769 g/mol. The maximum atomic E-state index is 14.2. The summed E-state index contributed by atoms with van der Waals surface area (Å²) < 4.78 is 26.3. The van der Waals surface area contributed by atoms with Crippen molar-refractivity contribution < 1.29 is 13.9 Å². The first-order valence-corrected chi connectivity index (χ1v) is 24.0. The fourth-order valence-electron chi connectivity index (χ4n) is 8.79. The Kier molecular flexibility index (Phi) is 25.0. The van der Waals surface area contributed by atoms with Gasteiger partial charge in [0.25, 0.3) is 0 Å². The lowest BCUT2D eigenvalue weighted by Gasteiger charge is -2.15. The summed E-state index contributed by atoms with van der Waals surface area (Å²) in [6.45, 7) is 4.96. The number of unbranched alkanes of at least 4 members (excludes halogenated alkanes) is 28. The Balaban J connectivity index is 0.854. The molecule has 1 aliphatic carbocycles. The SMILES string of the molecule is CCCCCCCCCCCCCCCCCCCCCCOCCCCCCCCCCCCOc1ccc2c(c1)C(c1cccc(F)c1)c1ccccc1-2. The Morgan fingerprint density at radius 1 is 0.411 bits per heavy atom. The number of fused-ring (bicyclic) bond motifs is 3. The molecule has 0 saturated heterocycles. The molecule has 0 N–H and O–H groups in total. The highest BCUT2D eigenvalue weighted by Gasteiger charge is 2.30. The minimum Gasteiger partial charge on any atom is -0.494 e. The lowest BCUT2D eigenvalue weighted by atomic mass is 9.89. The summed E-state index contributed by atoms with van der Waals surface area (Å²) in [6.07, 6.45) is 41.5. The second-order valence-electron chi connectivity index (χ2n) is 17.0. The van der Waals surface area contributed by atoms with Crippen molar-refractivity contribution in [3.8, 4) is 16.9 Å². The van der Waals surface area contributed by atoms with E-state index in [4.69, 9.17) is 9.47 Å². The predicted octanol–water partition coefficient (Wildman–Crippen LogP) is 17.1. The number of halogens is 1. The molecule has 1 unspecified atom stereocenters. The van der Waals surface area contributed by atoms with Crippen LogP contribution in [0.4, 0.5) is 4.39 Å². The molecule has 312 valence electrons. The molecule has 0 bridgehead atoms. The molecule has 0 heterocycles. The van der Waals surface area contributed by atoms with Crippen LogP contribution >= 0.6 is 0 Å². The topological polar surface area (TPSA) is 18.5 Å². The van der Waals surface area contributed by atoms with Crippen molar-refractivity contribution in [1.29, 1.82) is 0 Å². The minimum absolute atomic E-state index is 0.0387. The fourth-order valence-corrected chi connectivity index (χ4v) is 8.79. The lowest BCUT2D eigenvalue weighted by Crippen LogP contribution is -2.01. The molecule has 2 nitrogen and oxygen atoms in total. The number of rotatable bonds is 36. The number of hydrogen-bond donors (Lipinski definition) is 0. The smallest absolute Gasteiger partial charge is 0.123 e. The van der Waals surface area contributed by atoms with Gasteiger partial charge in [-0.05, 0) is 71.3 Å². The molecular weight excluding hydrogens is 688 g/mol. The van der Waals surface area contributed by atoms with Crippen LogP contribution in [0.1, 0.15) is 222 Å². The van der Waals surface area contributed by atoms with Gasteiger partial charge < -0.3 is 9.47 Å². The zero-order chi connectivity index (χ0) is 39.1. The highest BCUT2D eigenvalue weighted by Crippen LogP contribution is 2.49. The molecule has 0 aromatic heterocycles. The van der Waals surface area contributed by atoms with E-state index in [9.17, 15) is 4.39 Å². The van der Waals surface area contributed by atoms with E-state index in [0.717, 1.165) is 37.6 Å². The minimum atomic E-state index is -0.187. The summed E-state index contributed by atoms with van der Waals surface area (Å²) in [5.41, 5.74) is 5.91. The van der Waals surface area contributed by atoms with Crippen molar-refractivity contribution in [1.82, 2.24) is 0 Å². The number of hydrogen-bond acceptors (Lipinski definition) is 2. The zero-order valence-corrected chi connectivity index (χ0v) is 36.0. The van der Waals surface area contributed by atoms with E-state index in [2.05, 4.69) is 49.4 Å². The largest absolute Gasteiger partial charge is 0.494 e. The summed E-state index contributed by atoms with van der Waals surface area (Å²) in [7, 11) is 0. The molecule has 3 aromatic carbocycles. The predicted molar refractivity (Wildman–Crippen MR) is 240 cm³/mol. The first-order chi connectivity index (χ1) is 27.8. The van der Waals surface area contributed by atoms with Crippen molar-refractivity contribution in [2.45, 2.75) is 205 Å². The second-order valence-corrected chi connectivity index (χ2v) is 17.0. The second kappa shape index (κ2) is 30.4. The first kappa shape index (κ1) is 46.0. The van der Waals surface area contributed by atoms with Gasteiger partial charge >= 0.3 is 0 Å². The number of benzene rings is 3. The van der Waals surface area contributed by atoms with Crippen LogP contribution in [0.15, 0.2) is 66.7 Å². The van der Waals surface area contributed by atoms with Crippen LogP contribution in [0, 0.1) is 5.82 Å². The van der Waals surface area contributed by atoms with Crippen LogP contribution in [0.2, 0.25) is 0 Å². The van der Waals surface area contributed by atoms with Crippen LogP contribution in [-0.4, -0.2) is 19.8 Å². The highest BCUT2D eigenvalue weighted by atomic mass is 19.1. The van der Waals surface area contributed by atoms with E-state index < -0.39 is 0 Å². The van der Waals surface area contributed by atoms with Crippen LogP contribution in [0.5, 0.6) is 5.75 Å². The summed E-state index contributed by atoms with van der Waals surface area (Å²) in [4.78, 5) is 0. The zero-order valence-electron chi connectivity index (χ0n) is 36.0. The van der Waals surface area contributed by atoms with E-state index in [1.165, 1.54) is 215 Å². The third-order valence-electron chi connectivity index (χ3n) is 12.2. The maximum Gasteiger partial charge on any atom is 0.123 e. The molecule has 0 radical (unpaired) electrons. The van der Waals surface area contributed by atoms with E-state index in [0.29, 0.717) is 0 Å². The molecule has 0 aliphatic heterocycles. The van der Waals surface area contributed by atoms with E-state index in [1.54, 1.807) is 6.07 Å². The lowest BCUT2D eigenvalue weighted by molar-refractivity contribution is 0.125. The molecule has 0 saturated carbocycles. The van der Waals surface area contributed by atoms with Gasteiger partial charge in [0.05, 0.1) is 6.61 Å². The van der Waals surface area contributed by atoms with Crippen molar-refractivity contribution >= 4 is 0 Å². The normalized spacial score (nSPS) is 13.3. The van der Waals surface area contributed by atoms with Gasteiger partial charge in [0.2, 0.25) is 0 Å². The molecular formula is C53H81FO2. The van der Waals surface area contributed by atoms with E-state index >= 15 is 0 Å². The van der Waals surface area contributed by atoms with Gasteiger partial charge in [-0.1, -0.05) is 223 Å². The molecule has 0 amide bonds.